The minimum Gasteiger partial charge on any atom is -0.466 e. The molecule has 0 aliphatic heterocycles. The van der Waals surface area contributed by atoms with E-state index in [0.29, 0.717) is 26.1 Å². The molecule has 0 N–H and O–H groups in total. The highest BCUT2D eigenvalue weighted by Gasteiger charge is 2.01. The van der Waals surface area contributed by atoms with Crippen molar-refractivity contribution in [3.8, 4) is 0 Å². The maximum absolute atomic E-state index is 11.1. The minimum atomic E-state index is -0.0740. The minimum absolute atomic E-state index is 0.0740. The summed E-state index contributed by atoms with van der Waals surface area (Å²) in [5, 5.41) is 0. The molecule has 0 amide bonds. The van der Waals surface area contributed by atoms with Crippen LogP contribution in [0.4, 0.5) is 0 Å². The van der Waals surface area contributed by atoms with Crippen LogP contribution in [0.15, 0.2) is 0 Å². The third-order valence-electron chi connectivity index (χ3n) is 3.22. The quantitative estimate of drug-likeness (QED) is 0.352. The van der Waals surface area contributed by atoms with Crippen molar-refractivity contribution in [3.05, 3.63) is 0 Å². The summed E-state index contributed by atoms with van der Waals surface area (Å²) < 4.78 is 10.2. The van der Waals surface area contributed by atoms with Crippen molar-refractivity contribution in [1.29, 1.82) is 0 Å². The molecule has 124 valence electrons. The number of ether oxygens (including phenoxy) is 2. The molecule has 0 heterocycles. The van der Waals surface area contributed by atoms with Gasteiger partial charge in [0.1, 0.15) is 0 Å². The molecule has 0 fully saturated rings. The smallest absolute Gasteiger partial charge is 0.305 e. The Morgan fingerprint density at radius 3 is 1.29 bits per heavy atom. The van der Waals surface area contributed by atoms with Crippen molar-refractivity contribution in [1.82, 2.24) is 0 Å². The highest BCUT2D eigenvalue weighted by Crippen LogP contribution is 2.08. The number of carbonyl (C=O) groups is 2. The number of carbonyl (C=O) groups excluding carboxylic acids is 2. The van der Waals surface area contributed by atoms with E-state index in [2.05, 4.69) is 0 Å². The Morgan fingerprint density at radius 2 is 0.952 bits per heavy atom. The lowest BCUT2D eigenvalue weighted by atomic mass is 10.1. The van der Waals surface area contributed by atoms with Crippen LogP contribution in [0, 0.1) is 0 Å². The zero-order valence-electron chi connectivity index (χ0n) is 13.8. The van der Waals surface area contributed by atoms with Crippen molar-refractivity contribution < 1.29 is 19.1 Å². The monoisotopic (exact) mass is 300 g/mol. The SMILES string of the molecule is CCCC(=O)OCCCCCCCCCOC(=O)CCC. The summed E-state index contributed by atoms with van der Waals surface area (Å²) in [7, 11) is 0. The van der Waals surface area contributed by atoms with E-state index in [1.54, 1.807) is 0 Å². The van der Waals surface area contributed by atoms with Gasteiger partial charge in [0.2, 0.25) is 0 Å². The fourth-order valence-corrected chi connectivity index (χ4v) is 2.01. The van der Waals surface area contributed by atoms with Gasteiger partial charge in [-0.05, 0) is 25.7 Å². The van der Waals surface area contributed by atoms with Gasteiger partial charge in [-0.15, -0.1) is 0 Å². The molecule has 4 heteroatoms. The molecule has 0 saturated carbocycles. The fourth-order valence-electron chi connectivity index (χ4n) is 2.01. The van der Waals surface area contributed by atoms with Crippen molar-refractivity contribution >= 4 is 11.9 Å². The number of hydrogen-bond acceptors (Lipinski definition) is 4. The van der Waals surface area contributed by atoms with Gasteiger partial charge in [-0.2, -0.15) is 0 Å². The molecule has 0 radical (unpaired) electrons. The van der Waals surface area contributed by atoms with E-state index in [0.717, 1.165) is 38.5 Å². The molecular weight excluding hydrogens is 268 g/mol. The van der Waals surface area contributed by atoms with Crippen LogP contribution < -0.4 is 0 Å². The van der Waals surface area contributed by atoms with E-state index in [1.807, 2.05) is 13.8 Å². The summed E-state index contributed by atoms with van der Waals surface area (Å²) in [4.78, 5) is 22.2. The second-order valence-corrected chi connectivity index (χ2v) is 5.42. The second kappa shape index (κ2) is 15.3. The molecule has 0 aromatic rings. The average molecular weight is 300 g/mol. The second-order valence-electron chi connectivity index (χ2n) is 5.42. The van der Waals surface area contributed by atoms with Crippen LogP contribution in [0.1, 0.15) is 84.5 Å². The Kier molecular flexibility index (Phi) is 14.6. The van der Waals surface area contributed by atoms with Crippen molar-refractivity contribution in [3.63, 3.8) is 0 Å². The third-order valence-corrected chi connectivity index (χ3v) is 3.22. The summed E-state index contributed by atoms with van der Waals surface area (Å²) in [5.74, 6) is -0.148. The lowest BCUT2D eigenvalue weighted by Gasteiger charge is -2.05. The van der Waals surface area contributed by atoms with Crippen LogP contribution in [0.2, 0.25) is 0 Å². The van der Waals surface area contributed by atoms with Gasteiger partial charge >= 0.3 is 11.9 Å². The molecule has 0 unspecified atom stereocenters. The molecular formula is C17H32O4. The number of rotatable bonds is 14. The van der Waals surface area contributed by atoms with Gasteiger partial charge in [-0.25, -0.2) is 0 Å². The average Bonchev–Trinajstić information content (AvgIpc) is 2.45. The summed E-state index contributed by atoms with van der Waals surface area (Å²) in [6.07, 6.45) is 10.5. The summed E-state index contributed by atoms with van der Waals surface area (Å²) >= 11 is 0. The van der Waals surface area contributed by atoms with Crippen molar-refractivity contribution in [2.24, 2.45) is 0 Å². The first-order valence-corrected chi connectivity index (χ1v) is 8.52. The van der Waals surface area contributed by atoms with E-state index < -0.39 is 0 Å². The maximum atomic E-state index is 11.1. The molecule has 0 saturated heterocycles. The molecule has 21 heavy (non-hydrogen) atoms. The number of hydrogen-bond donors (Lipinski definition) is 0. The molecule has 0 atom stereocenters. The Bertz CT molecular complexity index is 238. The van der Waals surface area contributed by atoms with E-state index in [4.69, 9.17) is 9.47 Å². The number of esters is 2. The number of unbranched alkanes of at least 4 members (excludes halogenated alkanes) is 6. The molecule has 0 rings (SSSR count). The van der Waals surface area contributed by atoms with Crippen LogP contribution in [0.5, 0.6) is 0 Å². The first kappa shape index (κ1) is 19.9. The zero-order chi connectivity index (χ0) is 15.8. The Labute approximate surface area is 129 Å². The van der Waals surface area contributed by atoms with E-state index >= 15 is 0 Å². The molecule has 0 spiro atoms. The predicted molar refractivity (Wildman–Crippen MR) is 84.1 cm³/mol. The van der Waals surface area contributed by atoms with Gasteiger partial charge in [0.25, 0.3) is 0 Å². The molecule has 4 nitrogen and oxygen atoms in total. The normalized spacial score (nSPS) is 10.4. The van der Waals surface area contributed by atoms with Gasteiger partial charge in [0, 0.05) is 12.8 Å². The highest BCUT2D eigenvalue weighted by atomic mass is 16.5. The Morgan fingerprint density at radius 1 is 0.619 bits per heavy atom. The first-order valence-electron chi connectivity index (χ1n) is 8.52. The fraction of sp³-hybridized carbons (Fsp3) is 0.882. The van der Waals surface area contributed by atoms with E-state index in [1.165, 1.54) is 19.3 Å². The van der Waals surface area contributed by atoms with E-state index in [9.17, 15) is 9.59 Å². The van der Waals surface area contributed by atoms with Crippen molar-refractivity contribution in [2.75, 3.05) is 13.2 Å². The largest absolute Gasteiger partial charge is 0.466 e. The van der Waals surface area contributed by atoms with Crippen molar-refractivity contribution in [2.45, 2.75) is 84.5 Å². The maximum Gasteiger partial charge on any atom is 0.305 e. The predicted octanol–water partition coefficient (Wildman–Crippen LogP) is 4.40. The molecule has 0 aliphatic carbocycles. The molecule has 0 aliphatic rings. The van der Waals surface area contributed by atoms with Crippen LogP contribution in [0.3, 0.4) is 0 Å². The summed E-state index contributed by atoms with van der Waals surface area (Å²) in [5.41, 5.74) is 0. The first-order chi connectivity index (χ1) is 10.2. The topological polar surface area (TPSA) is 52.6 Å². The summed E-state index contributed by atoms with van der Waals surface area (Å²) in [6, 6.07) is 0. The van der Waals surface area contributed by atoms with Gasteiger partial charge in [-0.3, -0.25) is 9.59 Å². The third kappa shape index (κ3) is 15.2. The Balaban J connectivity index is 3.12. The zero-order valence-corrected chi connectivity index (χ0v) is 13.8. The standard InChI is InChI=1S/C17H32O4/c1-3-12-16(18)20-14-10-8-6-5-7-9-11-15-21-17(19)13-4-2/h3-15H2,1-2H3. The molecule has 0 aromatic carbocycles. The highest BCUT2D eigenvalue weighted by molar-refractivity contribution is 5.69. The van der Waals surface area contributed by atoms with Crippen LogP contribution in [-0.4, -0.2) is 25.2 Å². The summed E-state index contributed by atoms with van der Waals surface area (Å²) in [6.45, 7) is 5.08. The van der Waals surface area contributed by atoms with Gasteiger partial charge in [0.05, 0.1) is 13.2 Å². The molecule has 0 aromatic heterocycles. The Hall–Kier alpha value is -1.06. The van der Waals surface area contributed by atoms with Gasteiger partial charge in [0.15, 0.2) is 0 Å². The van der Waals surface area contributed by atoms with Gasteiger partial charge in [-0.1, -0.05) is 46.0 Å². The lowest BCUT2D eigenvalue weighted by Crippen LogP contribution is -2.05. The lowest BCUT2D eigenvalue weighted by molar-refractivity contribution is -0.144. The van der Waals surface area contributed by atoms with Crippen LogP contribution >= 0.6 is 0 Å². The van der Waals surface area contributed by atoms with E-state index in [-0.39, 0.29) is 11.9 Å². The van der Waals surface area contributed by atoms with Crippen LogP contribution in [-0.2, 0) is 19.1 Å². The molecule has 0 bridgehead atoms. The van der Waals surface area contributed by atoms with Crippen LogP contribution in [0.25, 0.3) is 0 Å². The van der Waals surface area contributed by atoms with Gasteiger partial charge < -0.3 is 9.47 Å².